The van der Waals surface area contributed by atoms with Crippen LogP contribution in [0.15, 0.2) is 72.9 Å². The van der Waals surface area contributed by atoms with Gasteiger partial charge in [0.05, 0.1) is 40.6 Å². The summed E-state index contributed by atoms with van der Waals surface area (Å²) >= 11 is 19.0. The Morgan fingerprint density at radius 3 is 2.43 bits per heavy atom. The largest absolute Gasteiger partial charge is 0.495 e. The molecule has 3 heterocycles. The molecule has 2 unspecified atom stereocenters. The third kappa shape index (κ3) is 4.16. The number of ether oxygens (including phenoxy) is 1. The number of hydrogen-bond donors (Lipinski definition) is 1. The molecule has 8 heteroatoms. The number of pyridine rings is 1. The molecule has 0 saturated carbocycles. The van der Waals surface area contributed by atoms with Crippen LogP contribution in [0.4, 0.5) is 5.69 Å². The lowest BCUT2D eigenvalue weighted by molar-refractivity contribution is 0.415. The SMILES string of the molecule is COc1ccc(N2C(=S)NC(c3ccccn3)C2c2cc(C)n(-c3ccccc3Cl)c2C)cc1Cl. The number of aromatic nitrogens is 2. The number of thiocarbonyl (C=S) groups is 1. The molecule has 5 nitrogen and oxygen atoms in total. The highest BCUT2D eigenvalue weighted by molar-refractivity contribution is 7.80. The highest BCUT2D eigenvalue weighted by Crippen LogP contribution is 2.45. The molecule has 0 amide bonds. The van der Waals surface area contributed by atoms with Gasteiger partial charge in [0.2, 0.25) is 0 Å². The number of hydrogen-bond acceptors (Lipinski definition) is 3. The number of methoxy groups -OCH3 is 1. The van der Waals surface area contributed by atoms with E-state index in [0.29, 0.717) is 20.9 Å². The van der Waals surface area contributed by atoms with Crippen LogP contribution in [0, 0.1) is 13.8 Å². The Labute approximate surface area is 220 Å². The van der Waals surface area contributed by atoms with Gasteiger partial charge in [-0.3, -0.25) is 4.98 Å². The molecule has 0 bridgehead atoms. The normalized spacial score (nSPS) is 17.5. The molecule has 2 atom stereocenters. The number of benzene rings is 2. The molecule has 2 aromatic heterocycles. The predicted molar refractivity (Wildman–Crippen MR) is 146 cm³/mol. The first kappa shape index (κ1) is 23.7. The van der Waals surface area contributed by atoms with Gasteiger partial charge >= 0.3 is 0 Å². The second kappa shape index (κ2) is 9.53. The van der Waals surface area contributed by atoms with E-state index in [9.17, 15) is 0 Å². The average Bonchev–Trinajstić information content (AvgIpc) is 3.35. The molecule has 35 heavy (non-hydrogen) atoms. The molecule has 5 rings (SSSR count). The van der Waals surface area contributed by atoms with E-state index in [1.165, 1.54) is 0 Å². The van der Waals surface area contributed by atoms with Crippen molar-refractivity contribution in [1.82, 2.24) is 14.9 Å². The first-order valence-electron chi connectivity index (χ1n) is 11.2. The number of halogens is 2. The predicted octanol–water partition coefficient (Wildman–Crippen LogP) is 6.98. The Morgan fingerprint density at radius 1 is 0.971 bits per heavy atom. The van der Waals surface area contributed by atoms with E-state index < -0.39 is 0 Å². The van der Waals surface area contributed by atoms with Crippen LogP contribution in [0.1, 0.15) is 34.7 Å². The lowest BCUT2D eigenvalue weighted by atomic mass is 9.96. The van der Waals surface area contributed by atoms with Gasteiger partial charge in [-0.2, -0.15) is 0 Å². The van der Waals surface area contributed by atoms with Gasteiger partial charge in [0.1, 0.15) is 5.75 Å². The second-order valence-electron chi connectivity index (χ2n) is 8.43. The molecule has 1 fully saturated rings. The Hall–Kier alpha value is -3.06. The first-order chi connectivity index (χ1) is 16.9. The van der Waals surface area contributed by atoms with Crippen molar-refractivity contribution in [2.24, 2.45) is 0 Å². The lowest BCUT2D eigenvalue weighted by Crippen LogP contribution is -2.29. The average molecular weight is 523 g/mol. The number of anilines is 1. The van der Waals surface area contributed by atoms with Gasteiger partial charge in [-0.1, -0.05) is 41.4 Å². The van der Waals surface area contributed by atoms with Crippen molar-refractivity contribution in [2.45, 2.75) is 25.9 Å². The van der Waals surface area contributed by atoms with Gasteiger partial charge in [0, 0.05) is 23.3 Å². The highest BCUT2D eigenvalue weighted by atomic mass is 35.5. The number of aryl methyl sites for hydroxylation is 1. The van der Waals surface area contributed by atoms with Crippen LogP contribution in [0.2, 0.25) is 10.0 Å². The van der Waals surface area contributed by atoms with Crippen LogP contribution in [0.3, 0.4) is 0 Å². The van der Waals surface area contributed by atoms with E-state index in [1.54, 1.807) is 13.3 Å². The minimum Gasteiger partial charge on any atom is -0.495 e. The fourth-order valence-corrected chi connectivity index (χ4v) is 5.66. The van der Waals surface area contributed by atoms with Crippen LogP contribution in [-0.2, 0) is 0 Å². The second-order valence-corrected chi connectivity index (χ2v) is 9.63. The summed E-state index contributed by atoms with van der Waals surface area (Å²) in [5, 5.41) is 5.33. The fraction of sp³-hybridized carbons (Fsp3) is 0.185. The Bertz CT molecular complexity index is 1410. The molecule has 0 aliphatic carbocycles. The van der Waals surface area contributed by atoms with Crippen molar-refractivity contribution in [3.8, 4) is 11.4 Å². The molecule has 1 N–H and O–H groups in total. The number of para-hydroxylation sites is 1. The molecule has 178 valence electrons. The van der Waals surface area contributed by atoms with Crippen LogP contribution in [-0.4, -0.2) is 21.8 Å². The molecule has 4 aromatic rings. The Morgan fingerprint density at radius 2 is 1.74 bits per heavy atom. The van der Waals surface area contributed by atoms with E-state index in [4.69, 9.17) is 40.2 Å². The maximum atomic E-state index is 6.59. The monoisotopic (exact) mass is 522 g/mol. The summed E-state index contributed by atoms with van der Waals surface area (Å²) in [6.45, 7) is 4.20. The highest BCUT2D eigenvalue weighted by Gasteiger charge is 2.42. The standard InChI is InChI=1S/C27H24Cl2N4OS/c1-16-14-19(17(2)32(16)23-10-5-4-8-20(23)28)26-25(22-9-6-7-13-30-22)31-27(35)33(26)18-11-12-24(34-3)21(29)15-18/h4-15,25-26H,1-3H3,(H,31,35). The molecule has 0 radical (unpaired) electrons. The molecule has 0 spiro atoms. The number of rotatable bonds is 5. The molecule has 1 saturated heterocycles. The lowest BCUT2D eigenvalue weighted by Gasteiger charge is -2.28. The van der Waals surface area contributed by atoms with Gasteiger partial charge in [-0.15, -0.1) is 0 Å². The summed E-state index contributed by atoms with van der Waals surface area (Å²) in [4.78, 5) is 6.76. The van der Waals surface area contributed by atoms with Crippen LogP contribution >= 0.6 is 35.4 Å². The summed E-state index contributed by atoms with van der Waals surface area (Å²) in [6, 6.07) is 21.4. The van der Waals surface area contributed by atoms with E-state index in [0.717, 1.165) is 34.0 Å². The van der Waals surface area contributed by atoms with Crippen molar-refractivity contribution < 1.29 is 4.74 Å². The third-order valence-electron chi connectivity index (χ3n) is 6.39. The summed E-state index contributed by atoms with van der Waals surface area (Å²) in [7, 11) is 1.60. The van der Waals surface area contributed by atoms with Crippen molar-refractivity contribution in [1.29, 1.82) is 0 Å². The van der Waals surface area contributed by atoms with E-state index in [2.05, 4.69) is 39.7 Å². The Balaban J connectivity index is 1.69. The van der Waals surface area contributed by atoms with Gasteiger partial charge in [0.15, 0.2) is 5.11 Å². The molecule has 1 aliphatic heterocycles. The zero-order valence-corrected chi connectivity index (χ0v) is 21.8. The summed E-state index contributed by atoms with van der Waals surface area (Å²) < 4.78 is 7.55. The topological polar surface area (TPSA) is 42.3 Å². The van der Waals surface area contributed by atoms with E-state index >= 15 is 0 Å². The van der Waals surface area contributed by atoms with Crippen LogP contribution in [0.25, 0.3) is 5.69 Å². The quantitative estimate of drug-likeness (QED) is 0.286. The van der Waals surface area contributed by atoms with E-state index in [1.807, 2.05) is 60.7 Å². The summed E-state index contributed by atoms with van der Waals surface area (Å²) in [5.41, 5.74) is 6.01. The molecular formula is C27H24Cl2N4OS. The fourth-order valence-electron chi connectivity index (χ4n) is 4.84. The summed E-state index contributed by atoms with van der Waals surface area (Å²) in [6.07, 6.45) is 1.80. The van der Waals surface area contributed by atoms with Gasteiger partial charge in [-0.05, 0) is 80.2 Å². The van der Waals surface area contributed by atoms with Crippen molar-refractivity contribution >= 4 is 46.2 Å². The maximum absolute atomic E-state index is 6.59. The zero-order valence-electron chi connectivity index (χ0n) is 19.5. The zero-order chi connectivity index (χ0) is 24.7. The maximum Gasteiger partial charge on any atom is 0.174 e. The first-order valence-corrected chi connectivity index (χ1v) is 12.3. The van der Waals surface area contributed by atoms with Crippen molar-refractivity contribution in [3.05, 3.63) is 106 Å². The van der Waals surface area contributed by atoms with Crippen LogP contribution < -0.4 is 15.0 Å². The summed E-state index contributed by atoms with van der Waals surface area (Å²) in [5.74, 6) is 0.614. The number of nitrogens with one attached hydrogen (secondary N) is 1. The number of nitrogens with zero attached hydrogens (tertiary/aromatic N) is 3. The molecular weight excluding hydrogens is 499 g/mol. The van der Waals surface area contributed by atoms with Crippen molar-refractivity contribution in [3.63, 3.8) is 0 Å². The molecule has 2 aromatic carbocycles. The minimum atomic E-state index is -0.163. The van der Waals surface area contributed by atoms with Gasteiger partial charge in [0.25, 0.3) is 0 Å². The molecule has 1 aliphatic rings. The van der Waals surface area contributed by atoms with Gasteiger partial charge < -0.3 is 19.5 Å². The van der Waals surface area contributed by atoms with Crippen molar-refractivity contribution in [2.75, 3.05) is 12.0 Å². The van der Waals surface area contributed by atoms with Crippen LogP contribution in [0.5, 0.6) is 5.75 Å². The van der Waals surface area contributed by atoms with Gasteiger partial charge in [-0.25, -0.2) is 0 Å². The smallest absolute Gasteiger partial charge is 0.174 e. The Kier molecular flexibility index (Phi) is 6.45. The third-order valence-corrected chi connectivity index (χ3v) is 7.32. The minimum absolute atomic E-state index is 0.162. The van der Waals surface area contributed by atoms with E-state index in [-0.39, 0.29) is 12.1 Å².